The largest absolute Gasteiger partial charge is 0.306 e. The fraction of sp³-hybridized carbons (Fsp3) is 0.154. The van der Waals surface area contributed by atoms with Crippen molar-refractivity contribution >= 4 is 45.1 Å². The molecule has 2 aromatic rings. The third kappa shape index (κ3) is 2.11. The quantitative estimate of drug-likeness (QED) is 0.792. The van der Waals surface area contributed by atoms with Crippen molar-refractivity contribution < 1.29 is 9.59 Å². The standard InChI is InChI=1S/C13H9BrN2O2S/c14-10-2-1-3-11-9(10)4-5-16(11)13(18)12-15-6-8(7-17)19-12/h1-3,6-7H,4-5H2. The molecule has 6 heteroatoms. The van der Waals surface area contributed by atoms with Crippen LogP contribution >= 0.6 is 27.3 Å². The number of carbonyl (C=O) groups is 2. The fourth-order valence-electron chi connectivity index (χ4n) is 2.16. The molecule has 1 amide bonds. The third-order valence-corrected chi connectivity index (χ3v) is 4.69. The van der Waals surface area contributed by atoms with Crippen LogP contribution < -0.4 is 4.90 Å². The van der Waals surface area contributed by atoms with Gasteiger partial charge in [-0.15, -0.1) is 11.3 Å². The number of amides is 1. The number of halogens is 1. The summed E-state index contributed by atoms with van der Waals surface area (Å²) in [6.07, 6.45) is 2.97. The molecule has 3 rings (SSSR count). The van der Waals surface area contributed by atoms with E-state index in [0.29, 0.717) is 22.7 Å². The fourth-order valence-corrected chi connectivity index (χ4v) is 3.39. The molecule has 2 heterocycles. The summed E-state index contributed by atoms with van der Waals surface area (Å²) in [5.41, 5.74) is 2.06. The Morgan fingerprint density at radius 2 is 2.32 bits per heavy atom. The Hall–Kier alpha value is -1.53. The summed E-state index contributed by atoms with van der Waals surface area (Å²) < 4.78 is 1.02. The van der Waals surface area contributed by atoms with Gasteiger partial charge < -0.3 is 4.90 Å². The van der Waals surface area contributed by atoms with Crippen LogP contribution in [0, 0.1) is 0 Å². The van der Waals surface area contributed by atoms with E-state index in [1.807, 2.05) is 18.2 Å². The molecule has 0 N–H and O–H groups in total. The Kier molecular flexibility index (Phi) is 3.20. The lowest BCUT2D eigenvalue weighted by molar-refractivity contribution is 0.0988. The number of rotatable bonds is 2. The number of anilines is 1. The Morgan fingerprint density at radius 3 is 3.05 bits per heavy atom. The van der Waals surface area contributed by atoms with Crippen LogP contribution in [0.15, 0.2) is 28.9 Å². The van der Waals surface area contributed by atoms with Gasteiger partial charge in [0.15, 0.2) is 11.3 Å². The van der Waals surface area contributed by atoms with Crippen molar-refractivity contribution in [2.45, 2.75) is 6.42 Å². The third-order valence-electron chi connectivity index (χ3n) is 3.04. The lowest BCUT2D eigenvalue weighted by atomic mass is 10.2. The zero-order valence-electron chi connectivity index (χ0n) is 9.80. The molecule has 4 nitrogen and oxygen atoms in total. The van der Waals surface area contributed by atoms with Crippen LogP contribution in [0.5, 0.6) is 0 Å². The van der Waals surface area contributed by atoms with Gasteiger partial charge in [0.1, 0.15) is 0 Å². The van der Waals surface area contributed by atoms with Gasteiger partial charge in [0.2, 0.25) is 0 Å². The molecule has 19 heavy (non-hydrogen) atoms. The van der Waals surface area contributed by atoms with Crippen molar-refractivity contribution in [3.8, 4) is 0 Å². The van der Waals surface area contributed by atoms with Crippen LogP contribution in [0.3, 0.4) is 0 Å². The van der Waals surface area contributed by atoms with Crippen LogP contribution in [0.25, 0.3) is 0 Å². The molecule has 1 aliphatic heterocycles. The SMILES string of the molecule is O=Cc1cnc(C(=O)N2CCc3c(Br)cccc32)s1. The van der Waals surface area contributed by atoms with Gasteiger partial charge in [0, 0.05) is 22.9 Å². The predicted octanol–water partition coefficient (Wildman–Crippen LogP) is 2.92. The monoisotopic (exact) mass is 336 g/mol. The second kappa shape index (κ2) is 4.86. The summed E-state index contributed by atoms with van der Waals surface area (Å²) in [5.74, 6) is -0.144. The van der Waals surface area contributed by atoms with Gasteiger partial charge in [-0.2, -0.15) is 0 Å². The Bertz CT molecular complexity index is 668. The number of carbonyl (C=O) groups excluding carboxylic acids is 2. The van der Waals surface area contributed by atoms with Gasteiger partial charge >= 0.3 is 0 Å². The lowest BCUT2D eigenvalue weighted by Crippen LogP contribution is -2.28. The molecule has 1 aromatic carbocycles. The molecular weight excluding hydrogens is 328 g/mol. The summed E-state index contributed by atoms with van der Waals surface area (Å²) >= 11 is 4.62. The van der Waals surface area contributed by atoms with Crippen molar-refractivity contribution in [1.29, 1.82) is 0 Å². The Labute approximate surface area is 122 Å². The van der Waals surface area contributed by atoms with Gasteiger partial charge in [-0.05, 0) is 24.1 Å². The number of nitrogens with zero attached hydrogens (tertiary/aromatic N) is 2. The topological polar surface area (TPSA) is 50.3 Å². The predicted molar refractivity (Wildman–Crippen MR) is 77.0 cm³/mol. The van der Waals surface area contributed by atoms with E-state index in [9.17, 15) is 9.59 Å². The van der Waals surface area contributed by atoms with Crippen molar-refractivity contribution in [2.24, 2.45) is 0 Å². The second-order valence-electron chi connectivity index (χ2n) is 4.13. The summed E-state index contributed by atoms with van der Waals surface area (Å²) in [5, 5.41) is 0.356. The first-order valence-corrected chi connectivity index (χ1v) is 7.32. The summed E-state index contributed by atoms with van der Waals surface area (Å²) in [4.78, 5) is 29.2. The van der Waals surface area contributed by atoms with Gasteiger partial charge in [0.25, 0.3) is 5.91 Å². The van der Waals surface area contributed by atoms with E-state index in [0.717, 1.165) is 33.5 Å². The smallest absolute Gasteiger partial charge is 0.287 e. The second-order valence-corrected chi connectivity index (χ2v) is 6.05. The van der Waals surface area contributed by atoms with Gasteiger partial charge in [-0.25, -0.2) is 4.98 Å². The van der Waals surface area contributed by atoms with Crippen LogP contribution in [-0.2, 0) is 6.42 Å². The molecule has 1 aliphatic rings. The number of hydrogen-bond donors (Lipinski definition) is 0. The van der Waals surface area contributed by atoms with Crippen LogP contribution in [0.4, 0.5) is 5.69 Å². The van der Waals surface area contributed by atoms with Gasteiger partial charge in [-0.3, -0.25) is 9.59 Å². The molecule has 0 saturated carbocycles. The molecule has 96 valence electrons. The van der Waals surface area contributed by atoms with E-state index < -0.39 is 0 Å². The molecular formula is C13H9BrN2O2S. The van der Waals surface area contributed by atoms with E-state index in [2.05, 4.69) is 20.9 Å². The van der Waals surface area contributed by atoms with E-state index in [4.69, 9.17) is 0 Å². The number of fused-ring (bicyclic) bond motifs is 1. The van der Waals surface area contributed by atoms with Crippen molar-refractivity contribution in [1.82, 2.24) is 4.98 Å². The van der Waals surface area contributed by atoms with Crippen LogP contribution in [0.1, 0.15) is 25.0 Å². The molecule has 0 spiro atoms. The molecule has 0 radical (unpaired) electrons. The molecule has 0 fully saturated rings. The molecule has 1 aromatic heterocycles. The summed E-state index contributed by atoms with van der Waals surface area (Å²) in [6, 6.07) is 5.81. The van der Waals surface area contributed by atoms with E-state index >= 15 is 0 Å². The van der Waals surface area contributed by atoms with Crippen molar-refractivity contribution in [3.05, 3.63) is 44.3 Å². The summed E-state index contributed by atoms with van der Waals surface area (Å²) in [7, 11) is 0. The number of benzene rings is 1. The minimum atomic E-state index is -0.144. The van der Waals surface area contributed by atoms with Gasteiger partial charge in [-0.1, -0.05) is 22.0 Å². The number of hydrogen-bond acceptors (Lipinski definition) is 4. The number of aldehydes is 1. The highest BCUT2D eigenvalue weighted by atomic mass is 79.9. The number of thiazole rings is 1. The molecule has 0 bridgehead atoms. The Balaban J connectivity index is 1.95. The first-order valence-electron chi connectivity index (χ1n) is 5.71. The highest BCUT2D eigenvalue weighted by molar-refractivity contribution is 9.10. The summed E-state index contributed by atoms with van der Waals surface area (Å²) in [6.45, 7) is 0.646. The lowest BCUT2D eigenvalue weighted by Gasteiger charge is -2.15. The average Bonchev–Trinajstić information content (AvgIpc) is 3.05. The minimum absolute atomic E-state index is 0.144. The van der Waals surface area contributed by atoms with E-state index in [1.165, 1.54) is 6.20 Å². The minimum Gasteiger partial charge on any atom is -0.306 e. The highest BCUT2D eigenvalue weighted by Crippen LogP contribution is 2.34. The highest BCUT2D eigenvalue weighted by Gasteiger charge is 2.28. The number of aromatic nitrogens is 1. The normalized spacial score (nSPS) is 13.4. The van der Waals surface area contributed by atoms with Gasteiger partial charge in [0.05, 0.1) is 4.88 Å². The van der Waals surface area contributed by atoms with Crippen molar-refractivity contribution in [3.63, 3.8) is 0 Å². The van der Waals surface area contributed by atoms with Crippen LogP contribution in [-0.4, -0.2) is 23.7 Å². The molecule has 0 aliphatic carbocycles. The average molecular weight is 337 g/mol. The Morgan fingerprint density at radius 1 is 1.47 bits per heavy atom. The zero-order chi connectivity index (χ0) is 13.4. The van der Waals surface area contributed by atoms with E-state index in [1.54, 1.807) is 4.90 Å². The molecule has 0 unspecified atom stereocenters. The maximum atomic E-state index is 12.4. The van der Waals surface area contributed by atoms with Crippen molar-refractivity contribution in [2.75, 3.05) is 11.4 Å². The zero-order valence-corrected chi connectivity index (χ0v) is 12.2. The first-order chi connectivity index (χ1) is 9.20. The van der Waals surface area contributed by atoms with Crippen LogP contribution in [0.2, 0.25) is 0 Å². The molecule has 0 saturated heterocycles. The molecule has 0 atom stereocenters. The first kappa shape index (κ1) is 12.5. The van der Waals surface area contributed by atoms with E-state index in [-0.39, 0.29) is 5.91 Å². The maximum Gasteiger partial charge on any atom is 0.287 e. The maximum absolute atomic E-state index is 12.4.